The van der Waals surface area contributed by atoms with Crippen LogP contribution in [0.4, 0.5) is 5.69 Å². The normalized spacial score (nSPS) is 12.1. The lowest BCUT2D eigenvalue weighted by molar-refractivity contribution is -0.139. The second-order valence-electron chi connectivity index (χ2n) is 6.16. The third-order valence-corrected chi connectivity index (χ3v) is 7.52. The second kappa shape index (κ2) is 9.52. The van der Waals surface area contributed by atoms with Gasteiger partial charge in [0.15, 0.2) is 9.84 Å². The largest absolute Gasteiger partial charge is 0.378 e. The summed E-state index contributed by atoms with van der Waals surface area (Å²) in [6.45, 7) is 3.39. The van der Waals surface area contributed by atoms with Crippen LogP contribution in [-0.4, -0.2) is 47.4 Å². The predicted octanol–water partition coefficient (Wildman–Crippen LogP) is 1.75. The lowest BCUT2D eigenvalue weighted by Crippen LogP contribution is -2.42. The number of hydrogen-bond acceptors (Lipinski definition) is 6. The van der Waals surface area contributed by atoms with Gasteiger partial charge in [0.25, 0.3) is 0 Å². The van der Waals surface area contributed by atoms with Gasteiger partial charge >= 0.3 is 11.8 Å². The van der Waals surface area contributed by atoms with Crippen molar-refractivity contribution in [2.75, 3.05) is 32.1 Å². The molecule has 1 aromatic heterocycles. The van der Waals surface area contributed by atoms with E-state index in [9.17, 15) is 18.0 Å². The van der Waals surface area contributed by atoms with Crippen LogP contribution in [0.25, 0.3) is 0 Å². The Morgan fingerprint density at radius 1 is 1.14 bits per heavy atom. The van der Waals surface area contributed by atoms with Gasteiger partial charge in [0.1, 0.15) is 9.46 Å². The molecule has 0 radical (unpaired) electrons. The summed E-state index contributed by atoms with van der Waals surface area (Å²) in [5, 5.41) is 5.45. The van der Waals surface area contributed by atoms with E-state index >= 15 is 0 Å². The maximum Gasteiger partial charge on any atom is 0.309 e. The molecular formula is C19H23N3O4S2. The Hall–Kier alpha value is -2.65. The first kappa shape index (κ1) is 21.6. The average Bonchev–Trinajstić information content (AvgIpc) is 3.22. The standard InChI is InChI=1S/C19H23N3O4S2/c1-4-11-20-18(23)19(24)21-13-16(28(25,26)17-6-5-12-27-17)14-7-9-15(10-8-14)22(2)3/h4-10,12,16H,1,11,13H2,2-3H3,(H,20,23)(H,21,24)/t16-/m0/s1. The molecule has 7 nitrogen and oxygen atoms in total. The Balaban J connectivity index is 2.28. The highest BCUT2D eigenvalue weighted by Gasteiger charge is 2.31. The fourth-order valence-corrected chi connectivity index (χ4v) is 5.34. The lowest BCUT2D eigenvalue weighted by Gasteiger charge is -2.19. The molecule has 0 aliphatic rings. The third kappa shape index (κ3) is 5.20. The van der Waals surface area contributed by atoms with E-state index < -0.39 is 26.9 Å². The number of nitrogens with one attached hydrogen (secondary N) is 2. The fourth-order valence-electron chi connectivity index (χ4n) is 2.47. The van der Waals surface area contributed by atoms with Gasteiger partial charge in [-0.2, -0.15) is 0 Å². The van der Waals surface area contributed by atoms with Crippen LogP contribution in [0.2, 0.25) is 0 Å². The van der Waals surface area contributed by atoms with Crippen LogP contribution in [-0.2, 0) is 19.4 Å². The van der Waals surface area contributed by atoms with Crippen molar-refractivity contribution in [2.24, 2.45) is 0 Å². The molecule has 1 heterocycles. The monoisotopic (exact) mass is 421 g/mol. The Morgan fingerprint density at radius 3 is 2.32 bits per heavy atom. The summed E-state index contributed by atoms with van der Waals surface area (Å²) in [7, 11) is 0.0319. The van der Waals surface area contributed by atoms with E-state index in [2.05, 4.69) is 17.2 Å². The molecule has 0 saturated carbocycles. The van der Waals surface area contributed by atoms with E-state index in [4.69, 9.17) is 0 Å². The van der Waals surface area contributed by atoms with E-state index in [-0.39, 0.29) is 17.3 Å². The van der Waals surface area contributed by atoms with Crippen LogP contribution in [0.5, 0.6) is 0 Å². The highest BCUT2D eigenvalue weighted by molar-refractivity contribution is 7.93. The molecule has 1 atom stereocenters. The Labute approximate surface area is 169 Å². The number of hydrogen-bond donors (Lipinski definition) is 2. The number of thiophene rings is 1. The lowest BCUT2D eigenvalue weighted by atomic mass is 10.1. The minimum absolute atomic E-state index is 0.148. The highest BCUT2D eigenvalue weighted by Crippen LogP contribution is 2.32. The van der Waals surface area contributed by atoms with E-state index in [1.165, 1.54) is 12.1 Å². The zero-order valence-electron chi connectivity index (χ0n) is 15.7. The van der Waals surface area contributed by atoms with Gasteiger partial charge in [-0.1, -0.05) is 24.3 Å². The summed E-state index contributed by atoms with van der Waals surface area (Å²) < 4.78 is 26.4. The predicted molar refractivity (Wildman–Crippen MR) is 111 cm³/mol. The molecule has 2 amide bonds. The van der Waals surface area contributed by atoms with Crippen molar-refractivity contribution in [2.45, 2.75) is 9.46 Å². The van der Waals surface area contributed by atoms with Crippen LogP contribution in [0.3, 0.4) is 0 Å². The topological polar surface area (TPSA) is 95.6 Å². The molecule has 0 saturated heterocycles. The summed E-state index contributed by atoms with van der Waals surface area (Å²) in [4.78, 5) is 25.6. The molecule has 150 valence electrons. The summed E-state index contributed by atoms with van der Waals surface area (Å²) >= 11 is 1.11. The molecule has 0 bridgehead atoms. The molecule has 2 rings (SSSR count). The average molecular weight is 422 g/mol. The third-order valence-electron chi connectivity index (χ3n) is 3.99. The molecule has 2 aromatic rings. The Morgan fingerprint density at radius 2 is 1.79 bits per heavy atom. The zero-order chi connectivity index (χ0) is 20.7. The fraction of sp³-hybridized carbons (Fsp3) is 0.263. The van der Waals surface area contributed by atoms with E-state index in [0.717, 1.165) is 17.0 Å². The molecule has 0 fully saturated rings. The van der Waals surface area contributed by atoms with E-state index in [0.29, 0.717) is 5.56 Å². The van der Waals surface area contributed by atoms with Crippen LogP contribution < -0.4 is 15.5 Å². The zero-order valence-corrected chi connectivity index (χ0v) is 17.3. The van der Waals surface area contributed by atoms with Gasteiger partial charge in [0, 0.05) is 32.9 Å². The van der Waals surface area contributed by atoms with Crippen LogP contribution in [0.15, 0.2) is 58.6 Å². The number of sulfone groups is 1. The van der Waals surface area contributed by atoms with Gasteiger partial charge in [-0.15, -0.1) is 17.9 Å². The van der Waals surface area contributed by atoms with Crippen LogP contribution in [0, 0.1) is 0 Å². The van der Waals surface area contributed by atoms with Crippen LogP contribution in [0.1, 0.15) is 10.8 Å². The number of nitrogens with zero attached hydrogens (tertiary/aromatic N) is 1. The Bertz CT molecular complexity index is 921. The molecule has 28 heavy (non-hydrogen) atoms. The van der Waals surface area contributed by atoms with Gasteiger partial charge in [-0.3, -0.25) is 9.59 Å². The van der Waals surface area contributed by atoms with Gasteiger partial charge < -0.3 is 15.5 Å². The molecule has 9 heteroatoms. The molecule has 1 aromatic carbocycles. The molecule has 0 aliphatic heterocycles. The second-order valence-corrected chi connectivity index (χ2v) is 9.47. The summed E-state index contributed by atoms with van der Waals surface area (Å²) in [5.41, 5.74) is 1.45. The van der Waals surface area contributed by atoms with Crippen molar-refractivity contribution in [3.63, 3.8) is 0 Å². The number of anilines is 1. The first-order valence-electron chi connectivity index (χ1n) is 8.49. The SMILES string of the molecule is C=CCNC(=O)C(=O)NC[C@@H](c1ccc(N(C)C)cc1)S(=O)(=O)c1cccs1. The molecule has 0 spiro atoms. The molecule has 0 aliphatic carbocycles. The van der Waals surface area contributed by atoms with Crippen molar-refractivity contribution in [3.05, 3.63) is 60.0 Å². The van der Waals surface area contributed by atoms with E-state index in [1.807, 2.05) is 31.1 Å². The van der Waals surface area contributed by atoms with Crippen molar-refractivity contribution < 1.29 is 18.0 Å². The number of carbonyl (C=O) groups excluding carboxylic acids is 2. The summed E-state index contributed by atoms with van der Waals surface area (Å²) in [6.07, 6.45) is 1.45. The van der Waals surface area contributed by atoms with Crippen LogP contribution >= 0.6 is 11.3 Å². The molecule has 0 unspecified atom stereocenters. The van der Waals surface area contributed by atoms with Crippen molar-refractivity contribution in [3.8, 4) is 0 Å². The van der Waals surface area contributed by atoms with Gasteiger partial charge in [-0.05, 0) is 29.1 Å². The number of rotatable bonds is 8. The van der Waals surface area contributed by atoms with Crippen molar-refractivity contribution in [1.82, 2.24) is 10.6 Å². The molecule has 2 N–H and O–H groups in total. The van der Waals surface area contributed by atoms with Gasteiger partial charge in [0.2, 0.25) is 0 Å². The number of amides is 2. The summed E-state index contributed by atoms with van der Waals surface area (Å²) in [6, 6.07) is 10.2. The smallest absolute Gasteiger partial charge is 0.309 e. The minimum Gasteiger partial charge on any atom is -0.378 e. The summed E-state index contributed by atoms with van der Waals surface area (Å²) in [5.74, 6) is -1.73. The molecular weight excluding hydrogens is 398 g/mol. The van der Waals surface area contributed by atoms with Crippen molar-refractivity contribution >= 4 is 38.7 Å². The van der Waals surface area contributed by atoms with Gasteiger partial charge in [0.05, 0.1) is 0 Å². The first-order valence-corrected chi connectivity index (χ1v) is 10.9. The van der Waals surface area contributed by atoms with Gasteiger partial charge in [-0.25, -0.2) is 8.42 Å². The quantitative estimate of drug-likeness (QED) is 0.500. The van der Waals surface area contributed by atoms with E-state index in [1.54, 1.807) is 23.6 Å². The number of carbonyl (C=O) groups is 2. The minimum atomic E-state index is -3.74. The maximum absolute atomic E-state index is 13.1. The maximum atomic E-state index is 13.1. The van der Waals surface area contributed by atoms with Crippen molar-refractivity contribution in [1.29, 1.82) is 0 Å². The number of benzene rings is 1. The Kier molecular flexibility index (Phi) is 7.36. The highest BCUT2D eigenvalue weighted by atomic mass is 32.2. The first-order chi connectivity index (χ1) is 13.3.